The maximum atomic E-state index is 3.76. The van der Waals surface area contributed by atoms with Crippen LogP contribution in [0.2, 0.25) is 0 Å². The molecule has 0 radical (unpaired) electrons. The lowest BCUT2D eigenvalue weighted by Crippen LogP contribution is -2.38. The van der Waals surface area contributed by atoms with Crippen LogP contribution >= 0.6 is 0 Å². The molecule has 1 unspecified atom stereocenters. The van der Waals surface area contributed by atoms with E-state index in [1.165, 1.54) is 44.9 Å². The van der Waals surface area contributed by atoms with Gasteiger partial charge in [0.15, 0.2) is 0 Å². The molecule has 1 atom stereocenters. The molecule has 1 nitrogen and oxygen atoms in total. The molecule has 0 aliphatic heterocycles. The van der Waals surface area contributed by atoms with Crippen LogP contribution in [0.3, 0.4) is 0 Å². The Morgan fingerprint density at radius 2 is 1.67 bits per heavy atom. The summed E-state index contributed by atoms with van der Waals surface area (Å²) in [5.74, 6) is 1.96. The number of hydrogen-bond donors (Lipinski definition) is 1. The molecule has 0 heterocycles. The molecule has 1 rings (SSSR count). The summed E-state index contributed by atoms with van der Waals surface area (Å²) >= 11 is 0. The molecule has 1 N–H and O–H groups in total. The Kier molecular flexibility index (Phi) is 6.70. The first kappa shape index (κ1) is 16.0. The summed E-state index contributed by atoms with van der Waals surface area (Å²) in [5, 5.41) is 3.76. The Balaban J connectivity index is 2.41. The molecule has 1 aliphatic rings. The van der Waals surface area contributed by atoms with Crippen molar-refractivity contribution in [3.8, 4) is 0 Å². The fraction of sp³-hybridized carbons (Fsp3) is 1.00. The van der Waals surface area contributed by atoms with E-state index in [4.69, 9.17) is 0 Å². The molecular formula is C17H35N. The van der Waals surface area contributed by atoms with E-state index in [9.17, 15) is 0 Å². The van der Waals surface area contributed by atoms with E-state index in [2.05, 4.69) is 39.9 Å². The molecule has 108 valence electrons. The first-order valence-corrected chi connectivity index (χ1v) is 8.19. The maximum Gasteiger partial charge on any atom is 0.00954 e. The average molecular weight is 253 g/mol. The van der Waals surface area contributed by atoms with E-state index < -0.39 is 0 Å². The lowest BCUT2D eigenvalue weighted by Gasteiger charge is -2.35. The highest BCUT2D eigenvalue weighted by Gasteiger charge is 2.27. The quantitative estimate of drug-likeness (QED) is 0.702. The molecule has 0 bridgehead atoms. The van der Waals surface area contributed by atoms with Gasteiger partial charge < -0.3 is 5.32 Å². The first-order chi connectivity index (χ1) is 8.46. The van der Waals surface area contributed by atoms with Gasteiger partial charge in [-0.25, -0.2) is 0 Å². The smallest absolute Gasteiger partial charge is 0.00954 e. The number of nitrogens with one attached hydrogen (secondary N) is 1. The van der Waals surface area contributed by atoms with Crippen molar-refractivity contribution >= 4 is 0 Å². The van der Waals surface area contributed by atoms with Crippen molar-refractivity contribution in [2.75, 3.05) is 6.54 Å². The van der Waals surface area contributed by atoms with Crippen LogP contribution < -0.4 is 5.32 Å². The van der Waals surface area contributed by atoms with Crippen molar-refractivity contribution in [1.82, 2.24) is 5.32 Å². The van der Waals surface area contributed by atoms with E-state index in [-0.39, 0.29) is 0 Å². The second-order valence-corrected chi connectivity index (χ2v) is 7.45. The minimum absolute atomic E-state index is 0.480. The van der Waals surface area contributed by atoms with Gasteiger partial charge in [0.25, 0.3) is 0 Å². The molecule has 0 amide bonds. The van der Waals surface area contributed by atoms with Crippen LogP contribution in [0.15, 0.2) is 0 Å². The topological polar surface area (TPSA) is 12.0 Å². The molecule has 0 aromatic carbocycles. The fourth-order valence-electron chi connectivity index (χ4n) is 3.35. The van der Waals surface area contributed by atoms with Gasteiger partial charge in [0.1, 0.15) is 0 Å². The Bertz CT molecular complexity index is 208. The van der Waals surface area contributed by atoms with Crippen LogP contribution in [-0.4, -0.2) is 12.6 Å². The second kappa shape index (κ2) is 7.53. The van der Waals surface area contributed by atoms with Crippen molar-refractivity contribution in [2.24, 2.45) is 17.3 Å². The van der Waals surface area contributed by atoms with Crippen LogP contribution in [0.1, 0.15) is 79.6 Å². The van der Waals surface area contributed by atoms with E-state index in [1.807, 2.05) is 0 Å². The molecule has 1 saturated carbocycles. The maximum absolute atomic E-state index is 3.76. The van der Waals surface area contributed by atoms with Gasteiger partial charge in [0.2, 0.25) is 0 Å². The molecule has 0 spiro atoms. The Morgan fingerprint density at radius 3 is 2.11 bits per heavy atom. The summed E-state index contributed by atoms with van der Waals surface area (Å²) in [6.45, 7) is 12.8. The fourth-order valence-corrected chi connectivity index (χ4v) is 3.35. The Labute approximate surface area is 115 Å². The molecule has 0 aromatic heterocycles. The van der Waals surface area contributed by atoms with Gasteiger partial charge in [-0.1, -0.05) is 53.9 Å². The summed E-state index contributed by atoms with van der Waals surface area (Å²) in [5.41, 5.74) is 0.480. The lowest BCUT2D eigenvalue weighted by atomic mass is 9.75. The van der Waals surface area contributed by atoms with Gasteiger partial charge in [0, 0.05) is 6.04 Å². The van der Waals surface area contributed by atoms with Crippen LogP contribution in [-0.2, 0) is 0 Å². The van der Waals surface area contributed by atoms with E-state index in [0.29, 0.717) is 5.41 Å². The third-order valence-electron chi connectivity index (χ3n) is 4.71. The average Bonchev–Trinajstić information content (AvgIpc) is 2.33. The molecular weight excluding hydrogens is 218 g/mol. The monoisotopic (exact) mass is 253 g/mol. The van der Waals surface area contributed by atoms with Gasteiger partial charge in [0.05, 0.1) is 0 Å². The summed E-state index contributed by atoms with van der Waals surface area (Å²) in [6.07, 6.45) is 9.95. The van der Waals surface area contributed by atoms with Gasteiger partial charge in [-0.3, -0.25) is 0 Å². The first-order valence-electron chi connectivity index (χ1n) is 8.19. The summed E-state index contributed by atoms with van der Waals surface area (Å²) < 4.78 is 0. The number of hydrogen-bond acceptors (Lipinski definition) is 1. The van der Waals surface area contributed by atoms with Crippen LogP contribution in [0, 0.1) is 17.3 Å². The van der Waals surface area contributed by atoms with Gasteiger partial charge in [-0.15, -0.1) is 0 Å². The molecule has 18 heavy (non-hydrogen) atoms. The SMILES string of the molecule is CCNC(CCC(C)(C)C)C1CCC(CC)CC1. The van der Waals surface area contributed by atoms with E-state index >= 15 is 0 Å². The predicted octanol–water partition coefficient (Wildman–Crippen LogP) is 5.01. The Hall–Kier alpha value is -0.0400. The van der Waals surface area contributed by atoms with Crippen molar-refractivity contribution < 1.29 is 0 Å². The third kappa shape index (κ3) is 5.73. The largest absolute Gasteiger partial charge is 0.314 e. The van der Waals surface area contributed by atoms with Crippen LogP contribution in [0.4, 0.5) is 0 Å². The Morgan fingerprint density at radius 1 is 1.06 bits per heavy atom. The van der Waals surface area contributed by atoms with E-state index in [0.717, 1.165) is 24.4 Å². The molecule has 1 heteroatoms. The van der Waals surface area contributed by atoms with Crippen LogP contribution in [0.5, 0.6) is 0 Å². The predicted molar refractivity (Wildman–Crippen MR) is 81.9 cm³/mol. The zero-order valence-corrected chi connectivity index (χ0v) is 13.4. The van der Waals surface area contributed by atoms with Gasteiger partial charge in [-0.05, 0) is 49.5 Å². The zero-order chi connectivity index (χ0) is 13.6. The highest BCUT2D eigenvalue weighted by atomic mass is 14.9. The highest BCUT2D eigenvalue weighted by molar-refractivity contribution is 4.82. The third-order valence-corrected chi connectivity index (χ3v) is 4.71. The van der Waals surface area contributed by atoms with Crippen LogP contribution in [0.25, 0.3) is 0 Å². The lowest BCUT2D eigenvalue weighted by molar-refractivity contribution is 0.198. The summed E-state index contributed by atoms with van der Waals surface area (Å²) in [6, 6.07) is 0.770. The number of rotatable bonds is 6. The van der Waals surface area contributed by atoms with E-state index in [1.54, 1.807) is 0 Å². The second-order valence-electron chi connectivity index (χ2n) is 7.45. The minimum Gasteiger partial charge on any atom is -0.314 e. The molecule has 1 aliphatic carbocycles. The van der Waals surface area contributed by atoms with Gasteiger partial charge >= 0.3 is 0 Å². The van der Waals surface area contributed by atoms with Crippen molar-refractivity contribution in [2.45, 2.75) is 85.6 Å². The minimum atomic E-state index is 0.480. The summed E-state index contributed by atoms with van der Waals surface area (Å²) in [7, 11) is 0. The normalized spacial score (nSPS) is 27.2. The standard InChI is InChI=1S/C17H35N/c1-6-14-8-10-15(11-9-14)16(18-7-2)12-13-17(3,4)5/h14-16,18H,6-13H2,1-5H3. The van der Waals surface area contributed by atoms with Crippen molar-refractivity contribution in [1.29, 1.82) is 0 Å². The molecule has 1 fully saturated rings. The van der Waals surface area contributed by atoms with Crippen molar-refractivity contribution in [3.05, 3.63) is 0 Å². The highest BCUT2D eigenvalue weighted by Crippen LogP contribution is 2.34. The van der Waals surface area contributed by atoms with Gasteiger partial charge in [-0.2, -0.15) is 0 Å². The molecule has 0 saturated heterocycles. The van der Waals surface area contributed by atoms with Crippen molar-refractivity contribution in [3.63, 3.8) is 0 Å². The molecule has 0 aromatic rings. The zero-order valence-electron chi connectivity index (χ0n) is 13.4. The summed E-state index contributed by atoms with van der Waals surface area (Å²) in [4.78, 5) is 0.